The van der Waals surface area contributed by atoms with Crippen molar-refractivity contribution in [1.29, 1.82) is 0 Å². The fourth-order valence-electron chi connectivity index (χ4n) is 2.71. The highest BCUT2D eigenvalue weighted by atomic mass is 16.3. The van der Waals surface area contributed by atoms with Crippen LogP contribution in [0.15, 0.2) is 59.5 Å². The molecule has 4 aromatic rings. The Hall–Kier alpha value is -3.61. The summed E-state index contributed by atoms with van der Waals surface area (Å²) in [6.07, 6.45) is 3.10. The van der Waals surface area contributed by atoms with E-state index in [-0.39, 0.29) is 0 Å². The van der Waals surface area contributed by atoms with Gasteiger partial charge in [0.2, 0.25) is 0 Å². The van der Waals surface area contributed by atoms with Crippen molar-refractivity contribution in [2.45, 2.75) is 13.5 Å². The maximum atomic E-state index is 6.24. The third kappa shape index (κ3) is 3.14. The number of nitrogens with two attached hydrogens (primary N) is 1. The molecule has 0 aliphatic rings. The zero-order valence-electron chi connectivity index (χ0n) is 14.2. The first-order valence-electron chi connectivity index (χ1n) is 8.21. The van der Waals surface area contributed by atoms with Crippen molar-refractivity contribution in [2.75, 3.05) is 16.4 Å². The van der Waals surface area contributed by atoms with Gasteiger partial charge in [-0.25, -0.2) is 9.97 Å². The van der Waals surface area contributed by atoms with Gasteiger partial charge in [-0.05, 0) is 43.3 Å². The number of aromatic nitrogens is 3. The number of rotatable bonds is 5. The minimum atomic E-state index is 0.441. The number of furan rings is 1. The highest BCUT2D eigenvalue weighted by Gasteiger charge is 2.10. The van der Waals surface area contributed by atoms with E-state index in [1.807, 2.05) is 49.4 Å². The van der Waals surface area contributed by atoms with E-state index >= 15 is 0 Å². The second kappa shape index (κ2) is 6.72. The summed E-state index contributed by atoms with van der Waals surface area (Å²) >= 11 is 0. The van der Waals surface area contributed by atoms with Gasteiger partial charge < -0.3 is 20.8 Å². The molecule has 26 heavy (non-hydrogen) atoms. The van der Waals surface area contributed by atoms with Crippen molar-refractivity contribution >= 4 is 33.9 Å². The first-order chi connectivity index (χ1) is 12.7. The van der Waals surface area contributed by atoms with Gasteiger partial charge in [-0.1, -0.05) is 6.07 Å². The molecule has 0 spiro atoms. The smallest absolute Gasteiger partial charge is 0.159 e. The predicted molar refractivity (Wildman–Crippen MR) is 102 cm³/mol. The lowest BCUT2D eigenvalue weighted by atomic mass is 10.1. The number of anilines is 4. The molecule has 0 saturated carbocycles. The summed E-state index contributed by atoms with van der Waals surface area (Å²) in [5.74, 6) is 1.89. The second-order valence-corrected chi connectivity index (χ2v) is 5.87. The molecule has 0 amide bonds. The molecule has 3 heterocycles. The molecule has 4 N–H and O–H groups in total. The van der Waals surface area contributed by atoms with Crippen molar-refractivity contribution in [2.24, 2.45) is 0 Å². The number of hydrogen-bond acceptors (Lipinski definition) is 7. The van der Waals surface area contributed by atoms with E-state index in [9.17, 15) is 0 Å². The molecule has 0 fully saturated rings. The molecule has 7 heteroatoms. The van der Waals surface area contributed by atoms with Crippen LogP contribution in [0, 0.1) is 6.92 Å². The summed E-state index contributed by atoms with van der Waals surface area (Å²) in [4.78, 5) is 13.0. The monoisotopic (exact) mass is 346 g/mol. The fourth-order valence-corrected chi connectivity index (χ4v) is 2.71. The van der Waals surface area contributed by atoms with Crippen LogP contribution in [-0.2, 0) is 6.54 Å². The van der Waals surface area contributed by atoms with Gasteiger partial charge in [0.15, 0.2) is 11.6 Å². The van der Waals surface area contributed by atoms with Crippen LogP contribution in [0.1, 0.15) is 11.5 Å². The molecule has 0 bridgehead atoms. The lowest BCUT2D eigenvalue weighted by Crippen LogP contribution is -2.08. The Morgan fingerprint density at radius 2 is 1.92 bits per heavy atom. The van der Waals surface area contributed by atoms with Crippen molar-refractivity contribution in [3.8, 4) is 0 Å². The number of pyridine rings is 1. The third-order valence-electron chi connectivity index (χ3n) is 4.02. The van der Waals surface area contributed by atoms with E-state index in [1.54, 1.807) is 6.26 Å². The molecular formula is C19H18N6O. The molecule has 3 aromatic heterocycles. The fraction of sp³-hybridized carbons (Fsp3) is 0.105. The van der Waals surface area contributed by atoms with Gasteiger partial charge in [-0.15, -0.1) is 0 Å². The number of aryl methyl sites for hydroxylation is 1. The average molecular weight is 346 g/mol. The zero-order chi connectivity index (χ0) is 17.9. The standard InChI is InChI=1S/C19H18N6O/c1-12-7-8-14-15(24-12)5-2-6-16(14)25-19-17(20)18(22-11-23-19)21-10-13-4-3-9-26-13/h2-9,11H,10,20H2,1H3,(H2,21,22,23,25). The topological polar surface area (TPSA) is 102 Å². The third-order valence-corrected chi connectivity index (χ3v) is 4.02. The SMILES string of the molecule is Cc1ccc2c(Nc3ncnc(NCc4ccco4)c3N)cccc2n1. The molecule has 130 valence electrons. The Kier molecular flexibility index (Phi) is 4.10. The summed E-state index contributed by atoms with van der Waals surface area (Å²) in [5, 5.41) is 7.45. The highest BCUT2D eigenvalue weighted by molar-refractivity contribution is 5.94. The summed E-state index contributed by atoms with van der Waals surface area (Å²) < 4.78 is 5.31. The molecule has 0 saturated heterocycles. The van der Waals surface area contributed by atoms with Crippen LogP contribution in [0.25, 0.3) is 10.9 Å². The van der Waals surface area contributed by atoms with Gasteiger partial charge in [0, 0.05) is 16.8 Å². The van der Waals surface area contributed by atoms with Crippen molar-refractivity contribution < 1.29 is 4.42 Å². The first kappa shape index (κ1) is 15.9. The van der Waals surface area contributed by atoms with Gasteiger partial charge >= 0.3 is 0 Å². The number of benzene rings is 1. The van der Waals surface area contributed by atoms with Gasteiger partial charge in [0.05, 0.1) is 18.3 Å². The van der Waals surface area contributed by atoms with E-state index in [4.69, 9.17) is 10.2 Å². The molecule has 1 aromatic carbocycles. The van der Waals surface area contributed by atoms with Gasteiger partial charge in [0.1, 0.15) is 17.8 Å². The summed E-state index contributed by atoms with van der Waals surface area (Å²) in [6, 6.07) is 13.6. The van der Waals surface area contributed by atoms with Crippen LogP contribution in [0.3, 0.4) is 0 Å². The molecule has 4 rings (SSSR count). The summed E-state index contributed by atoms with van der Waals surface area (Å²) in [7, 11) is 0. The van der Waals surface area contributed by atoms with E-state index in [2.05, 4.69) is 25.6 Å². The van der Waals surface area contributed by atoms with Crippen molar-refractivity contribution in [1.82, 2.24) is 15.0 Å². The molecule has 0 aliphatic carbocycles. The van der Waals surface area contributed by atoms with Gasteiger partial charge in [-0.2, -0.15) is 0 Å². The minimum Gasteiger partial charge on any atom is -0.467 e. The second-order valence-electron chi connectivity index (χ2n) is 5.87. The van der Waals surface area contributed by atoms with Crippen molar-refractivity contribution in [3.05, 3.63) is 66.5 Å². The quantitative estimate of drug-likeness (QED) is 0.504. The highest BCUT2D eigenvalue weighted by Crippen LogP contribution is 2.29. The molecule has 0 aliphatic heterocycles. The molecule has 0 radical (unpaired) electrons. The molecule has 0 atom stereocenters. The normalized spacial score (nSPS) is 10.8. The van der Waals surface area contributed by atoms with Crippen LogP contribution >= 0.6 is 0 Å². The van der Waals surface area contributed by atoms with E-state index in [1.165, 1.54) is 6.33 Å². The van der Waals surface area contributed by atoms with Crippen LogP contribution in [0.2, 0.25) is 0 Å². The van der Waals surface area contributed by atoms with Crippen LogP contribution in [-0.4, -0.2) is 15.0 Å². The number of nitrogen functional groups attached to an aromatic ring is 1. The lowest BCUT2D eigenvalue weighted by Gasteiger charge is -2.13. The van der Waals surface area contributed by atoms with E-state index < -0.39 is 0 Å². The number of hydrogen-bond donors (Lipinski definition) is 3. The largest absolute Gasteiger partial charge is 0.467 e. The number of nitrogens with zero attached hydrogens (tertiary/aromatic N) is 3. The molecule has 7 nitrogen and oxygen atoms in total. The van der Waals surface area contributed by atoms with E-state index in [0.717, 1.165) is 28.0 Å². The molecular weight excluding hydrogens is 328 g/mol. The van der Waals surface area contributed by atoms with Gasteiger partial charge in [0.25, 0.3) is 0 Å². The van der Waals surface area contributed by atoms with Crippen LogP contribution in [0.4, 0.5) is 23.0 Å². The zero-order valence-corrected chi connectivity index (χ0v) is 14.2. The minimum absolute atomic E-state index is 0.441. The Labute approximate surface area is 150 Å². The lowest BCUT2D eigenvalue weighted by molar-refractivity contribution is 0.518. The van der Waals surface area contributed by atoms with Crippen molar-refractivity contribution in [3.63, 3.8) is 0 Å². The Bertz CT molecular complexity index is 1050. The Morgan fingerprint density at radius 3 is 2.77 bits per heavy atom. The number of nitrogens with one attached hydrogen (secondary N) is 2. The first-order valence-corrected chi connectivity index (χ1v) is 8.21. The van der Waals surface area contributed by atoms with E-state index in [0.29, 0.717) is 23.9 Å². The number of fused-ring (bicyclic) bond motifs is 1. The Balaban J connectivity index is 1.61. The van der Waals surface area contributed by atoms with Crippen LogP contribution in [0.5, 0.6) is 0 Å². The Morgan fingerprint density at radius 1 is 1.04 bits per heavy atom. The molecule has 0 unspecified atom stereocenters. The maximum absolute atomic E-state index is 6.24. The summed E-state index contributed by atoms with van der Waals surface area (Å²) in [6.45, 7) is 2.46. The summed E-state index contributed by atoms with van der Waals surface area (Å²) in [5.41, 5.74) is 9.46. The van der Waals surface area contributed by atoms with Crippen LogP contribution < -0.4 is 16.4 Å². The van der Waals surface area contributed by atoms with Gasteiger partial charge in [-0.3, -0.25) is 4.98 Å². The maximum Gasteiger partial charge on any atom is 0.159 e. The predicted octanol–water partition coefficient (Wildman–Crippen LogP) is 3.86. The average Bonchev–Trinajstić information content (AvgIpc) is 3.16.